The van der Waals surface area contributed by atoms with Gasteiger partial charge in [0, 0.05) is 25.2 Å². The summed E-state index contributed by atoms with van der Waals surface area (Å²) >= 11 is 0. The summed E-state index contributed by atoms with van der Waals surface area (Å²) in [6.45, 7) is 10.2. The van der Waals surface area contributed by atoms with Crippen molar-refractivity contribution in [2.45, 2.75) is 58.2 Å². The van der Waals surface area contributed by atoms with Crippen LogP contribution in [0, 0.1) is 0 Å². The first kappa shape index (κ1) is 11.0. The molecule has 1 aliphatic heterocycles. The number of ether oxygens (including phenoxy) is 1. The van der Waals surface area contributed by atoms with Crippen LogP contribution in [0.2, 0.25) is 0 Å². The molecule has 2 atom stereocenters. The fourth-order valence-corrected chi connectivity index (χ4v) is 2.25. The molecule has 78 valence electrons. The lowest BCUT2D eigenvalue weighted by molar-refractivity contribution is 0.0807. The van der Waals surface area contributed by atoms with Gasteiger partial charge in [0.1, 0.15) is 0 Å². The number of hydrogen-bond donors (Lipinski definition) is 0. The molecule has 0 aliphatic carbocycles. The molecule has 0 spiro atoms. The van der Waals surface area contributed by atoms with E-state index in [1.807, 2.05) is 7.11 Å². The predicted octanol–water partition coefficient (Wildman–Crippen LogP) is 2.28. The molecule has 0 aromatic heterocycles. The summed E-state index contributed by atoms with van der Waals surface area (Å²) in [5, 5.41) is 0. The topological polar surface area (TPSA) is 12.5 Å². The minimum atomic E-state index is 0.286. The van der Waals surface area contributed by atoms with Crippen molar-refractivity contribution in [3.63, 3.8) is 0 Å². The molecule has 2 nitrogen and oxygen atoms in total. The molecular formula is C11H23NO. The van der Waals surface area contributed by atoms with Crippen LogP contribution in [0.3, 0.4) is 0 Å². The molecule has 0 N–H and O–H groups in total. The highest BCUT2D eigenvalue weighted by Crippen LogP contribution is 2.29. The second-order valence-electron chi connectivity index (χ2n) is 4.98. The van der Waals surface area contributed by atoms with Crippen LogP contribution in [0.5, 0.6) is 0 Å². The molecule has 1 aliphatic rings. The Labute approximate surface area is 82.3 Å². The van der Waals surface area contributed by atoms with E-state index in [1.54, 1.807) is 0 Å². The maximum Gasteiger partial charge on any atom is 0.0713 e. The fourth-order valence-electron chi connectivity index (χ4n) is 2.25. The Bertz CT molecular complexity index is 162. The lowest BCUT2D eigenvalue weighted by atomic mass is 10.0. The number of likely N-dealkylation sites (tertiary alicyclic amines) is 1. The summed E-state index contributed by atoms with van der Waals surface area (Å²) in [7, 11) is 1.82. The van der Waals surface area contributed by atoms with Gasteiger partial charge >= 0.3 is 0 Å². The largest absolute Gasteiger partial charge is 0.380 e. The Morgan fingerprint density at radius 3 is 2.31 bits per heavy atom. The number of nitrogens with zero attached hydrogens (tertiary/aromatic N) is 1. The molecule has 0 aromatic rings. The highest BCUT2D eigenvalue weighted by atomic mass is 16.5. The first-order chi connectivity index (χ1) is 5.99. The van der Waals surface area contributed by atoms with E-state index in [4.69, 9.17) is 4.74 Å². The Morgan fingerprint density at radius 1 is 1.38 bits per heavy atom. The summed E-state index contributed by atoms with van der Waals surface area (Å²) in [6, 6.07) is 0.713. The maximum absolute atomic E-state index is 5.43. The standard InChI is InChI=1S/C11H23NO/c1-6-9-7-10(13-5)8-12(9)11(2,3)4/h9-10H,6-8H2,1-5H3. The average Bonchev–Trinajstić information content (AvgIpc) is 2.46. The third kappa shape index (κ3) is 2.44. The molecule has 0 amide bonds. The first-order valence-corrected chi connectivity index (χ1v) is 5.28. The molecule has 0 aromatic carbocycles. The van der Waals surface area contributed by atoms with Gasteiger partial charge in [-0.15, -0.1) is 0 Å². The summed E-state index contributed by atoms with van der Waals surface area (Å²) in [5.74, 6) is 0. The van der Waals surface area contributed by atoms with Gasteiger partial charge < -0.3 is 4.74 Å². The Balaban J connectivity index is 2.63. The normalized spacial score (nSPS) is 31.2. The van der Waals surface area contributed by atoms with Gasteiger partial charge in [0.2, 0.25) is 0 Å². The molecule has 1 heterocycles. The van der Waals surface area contributed by atoms with Crippen LogP contribution in [0.15, 0.2) is 0 Å². The minimum Gasteiger partial charge on any atom is -0.380 e. The molecule has 0 saturated carbocycles. The molecule has 2 heteroatoms. The third-order valence-electron chi connectivity index (χ3n) is 3.04. The van der Waals surface area contributed by atoms with Crippen LogP contribution in [0.25, 0.3) is 0 Å². The van der Waals surface area contributed by atoms with Crippen molar-refractivity contribution in [2.24, 2.45) is 0 Å². The number of methoxy groups -OCH3 is 1. The van der Waals surface area contributed by atoms with Gasteiger partial charge in [-0.2, -0.15) is 0 Å². The summed E-state index contributed by atoms with van der Waals surface area (Å²) in [6.07, 6.45) is 2.88. The fraction of sp³-hybridized carbons (Fsp3) is 1.00. The van der Waals surface area contributed by atoms with E-state index in [-0.39, 0.29) is 5.54 Å². The van der Waals surface area contributed by atoms with Crippen LogP contribution in [-0.2, 0) is 4.74 Å². The van der Waals surface area contributed by atoms with Gasteiger partial charge in [-0.05, 0) is 33.6 Å². The van der Waals surface area contributed by atoms with Crippen molar-refractivity contribution in [3.8, 4) is 0 Å². The highest BCUT2D eigenvalue weighted by Gasteiger charge is 2.36. The minimum absolute atomic E-state index is 0.286. The van der Waals surface area contributed by atoms with E-state index in [0.29, 0.717) is 12.1 Å². The van der Waals surface area contributed by atoms with Gasteiger partial charge in [-0.3, -0.25) is 4.90 Å². The Hall–Kier alpha value is -0.0800. The first-order valence-electron chi connectivity index (χ1n) is 5.28. The van der Waals surface area contributed by atoms with Crippen molar-refractivity contribution >= 4 is 0 Å². The Kier molecular flexibility index (Phi) is 3.36. The van der Waals surface area contributed by atoms with Crippen molar-refractivity contribution in [1.29, 1.82) is 0 Å². The van der Waals surface area contributed by atoms with Crippen LogP contribution in [0.4, 0.5) is 0 Å². The van der Waals surface area contributed by atoms with E-state index >= 15 is 0 Å². The van der Waals surface area contributed by atoms with Gasteiger partial charge in [-0.25, -0.2) is 0 Å². The lowest BCUT2D eigenvalue weighted by Crippen LogP contribution is -2.44. The van der Waals surface area contributed by atoms with Crippen molar-refractivity contribution in [3.05, 3.63) is 0 Å². The van der Waals surface area contributed by atoms with Crippen LogP contribution in [-0.4, -0.2) is 36.2 Å². The zero-order chi connectivity index (χ0) is 10.1. The van der Waals surface area contributed by atoms with E-state index in [1.165, 1.54) is 12.8 Å². The zero-order valence-corrected chi connectivity index (χ0v) is 9.63. The van der Waals surface area contributed by atoms with Gasteiger partial charge in [-0.1, -0.05) is 6.92 Å². The van der Waals surface area contributed by atoms with Crippen LogP contribution < -0.4 is 0 Å². The number of hydrogen-bond acceptors (Lipinski definition) is 2. The van der Waals surface area contributed by atoms with Crippen molar-refractivity contribution in [1.82, 2.24) is 4.90 Å². The Morgan fingerprint density at radius 2 is 2.00 bits per heavy atom. The average molecular weight is 185 g/mol. The maximum atomic E-state index is 5.43. The molecule has 0 radical (unpaired) electrons. The SMILES string of the molecule is CCC1CC(OC)CN1C(C)(C)C. The van der Waals surface area contributed by atoms with E-state index in [9.17, 15) is 0 Å². The van der Waals surface area contributed by atoms with Crippen molar-refractivity contribution < 1.29 is 4.74 Å². The molecule has 13 heavy (non-hydrogen) atoms. The van der Waals surface area contributed by atoms with E-state index in [0.717, 1.165) is 6.54 Å². The molecule has 0 bridgehead atoms. The lowest BCUT2D eigenvalue weighted by Gasteiger charge is -2.36. The molecular weight excluding hydrogens is 162 g/mol. The van der Waals surface area contributed by atoms with Gasteiger partial charge in [0.25, 0.3) is 0 Å². The van der Waals surface area contributed by atoms with Gasteiger partial charge in [0.15, 0.2) is 0 Å². The third-order valence-corrected chi connectivity index (χ3v) is 3.04. The van der Waals surface area contributed by atoms with Gasteiger partial charge in [0.05, 0.1) is 6.10 Å². The summed E-state index contributed by atoms with van der Waals surface area (Å²) in [5.41, 5.74) is 0.286. The zero-order valence-electron chi connectivity index (χ0n) is 9.63. The number of rotatable bonds is 2. The molecule has 1 rings (SSSR count). The van der Waals surface area contributed by atoms with E-state index < -0.39 is 0 Å². The molecule has 1 saturated heterocycles. The highest BCUT2D eigenvalue weighted by molar-refractivity contribution is 4.91. The van der Waals surface area contributed by atoms with Crippen LogP contribution >= 0.6 is 0 Å². The molecule has 1 fully saturated rings. The second-order valence-corrected chi connectivity index (χ2v) is 4.98. The summed E-state index contributed by atoms with van der Waals surface area (Å²) < 4.78 is 5.43. The van der Waals surface area contributed by atoms with Crippen LogP contribution in [0.1, 0.15) is 40.5 Å². The monoisotopic (exact) mass is 185 g/mol. The quantitative estimate of drug-likeness (QED) is 0.654. The predicted molar refractivity (Wildman–Crippen MR) is 56.0 cm³/mol. The van der Waals surface area contributed by atoms with E-state index in [2.05, 4.69) is 32.6 Å². The summed E-state index contributed by atoms with van der Waals surface area (Å²) in [4.78, 5) is 2.57. The molecule has 2 unspecified atom stereocenters. The second kappa shape index (κ2) is 3.97. The van der Waals surface area contributed by atoms with Crippen molar-refractivity contribution in [2.75, 3.05) is 13.7 Å². The smallest absolute Gasteiger partial charge is 0.0713 e.